The van der Waals surface area contributed by atoms with Crippen molar-refractivity contribution in [3.05, 3.63) is 62.2 Å². The van der Waals surface area contributed by atoms with Gasteiger partial charge in [-0.05, 0) is 0 Å². The van der Waals surface area contributed by atoms with Crippen molar-refractivity contribution >= 4 is 34.5 Å². The van der Waals surface area contributed by atoms with Gasteiger partial charge in [-0.2, -0.15) is 9.78 Å². The predicted molar refractivity (Wildman–Crippen MR) is 94.6 cm³/mol. The van der Waals surface area contributed by atoms with Crippen LogP contribution in [0.15, 0.2) is 35.7 Å². The van der Waals surface area contributed by atoms with Crippen molar-refractivity contribution < 1.29 is 49.7 Å². The summed E-state index contributed by atoms with van der Waals surface area (Å²) in [6.45, 7) is 1.83. The summed E-state index contributed by atoms with van der Waals surface area (Å²) in [6, 6.07) is 2.78. The Morgan fingerprint density at radius 2 is 1.69 bits per heavy atom. The van der Waals surface area contributed by atoms with Crippen molar-refractivity contribution in [3.63, 3.8) is 0 Å². The van der Waals surface area contributed by atoms with Gasteiger partial charge >= 0.3 is 29.6 Å². The molecule has 0 atom stereocenters. The molecule has 0 unspecified atom stereocenters. The number of aliphatic imine (C=N–C) groups is 1. The van der Waals surface area contributed by atoms with Gasteiger partial charge in [0.15, 0.2) is 0 Å². The number of pyridine rings is 2. The molecule has 0 fully saturated rings. The summed E-state index contributed by atoms with van der Waals surface area (Å²) in [4.78, 5) is 42.6. The molecule has 0 amide bonds. The molecule has 144 valence electrons. The molecule has 0 aromatic carbocycles. The Bertz CT molecular complexity index is 1110. The average molecular weight is 409 g/mol. The van der Waals surface area contributed by atoms with Crippen LogP contribution in [-0.4, -0.2) is 47.2 Å². The number of hydrogen-bond acceptors (Lipinski definition) is 10. The van der Waals surface area contributed by atoms with Crippen LogP contribution in [0.3, 0.4) is 0 Å². The molecule has 0 bridgehead atoms. The number of carbonyl (C=O) groups excluding carboxylic acids is 1. The molecule has 1 aliphatic heterocycles. The molecule has 0 saturated carbocycles. The first-order chi connectivity index (χ1) is 12.9. The van der Waals surface area contributed by atoms with Gasteiger partial charge in [-0.1, -0.05) is 0 Å². The summed E-state index contributed by atoms with van der Waals surface area (Å²) >= 11 is 0. The fourth-order valence-electron chi connectivity index (χ4n) is 2.33. The zero-order valence-corrected chi connectivity index (χ0v) is 17.3. The summed E-state index contributed by atoms with van der Waals surface area (Å²) in [5.74, 6) is -0.313. The van der Waals surface area contributed by atoms with Gasteiger partial charge in [0.05, 0.1) is 28.3 Å². The zero-order chi connectivity index (χ0) is 19.6. The monoisotopic (exact) mass is 409 g/mol. The van der Waals surface area contributed by atoms with Gasteiger partial charge in [-0.15, -0.1) is 0 Å². The van der Waals surface area contributed by atoms with Gasteiger partial charge in [0.2, 0.25) is 5.91 Å². The molecule has 1 N–H and O–H groups in total. The third-order valence-electron chi connectivity index (χ3n) is 3.59. The molecular weight excluding hydrogens is 397 g/mol. The van der Waals surface area contributed by atoms with Crippen LogP contribution in [0.2, 0.25) is 0 Å². The molecule has 0 radical (unpaired) electrons. The van der Waals surface area contributed by atoms with E-state index in [0.717, 1.165) is 22.1 Å². The van der Waals surface area contributed by atoms with Crippen LogP contribution in [0, 0.1) is 20.2 Å². The first-order valence-corrected chi connectivity index (χ1v) is 7.49. The third-order valence-corrected chi connectivity index (χ3v) is 3.59. The average Bonchev–Trinajstić information content (AvgIpc) is 3.27. The molecular formula is C15H12N7NaO6. The molecule has 29 heavy (non-hydrogen) atoms. The standard InChI is InChI=1S/C8H6N4O3.C7H5N3O2.Na.H2O/c1-5(13)11-8-2-6(12(14)15)3-9-7(8)4-10-11;11-10(12)6-1-5-2-8-4-7(5)9-3-6;;/h2-4H,1H3;1,3-4H,2H2;;1H2/q;;+1;/p-1. The number of nitro groups is 2. The summed E-state index contributed by atoms with van der Waals surface area (Å²) in [7, 11) is 0. The molecule has 13 nitrogen and oxygen atoms in total. The van der Waals surface area contributed by atoms with E-state index in [9.17, 15) is 25.0 Å². The molecule has 0 saturated heterocycles. The molecule has 0 aliphatic carbocycles. The zero-order valence-electron chi connectivity index (χ0n) is 15.3. The van der Waals surface area contributed by atoms with Gasteiger partial charge in [-0.3, -0.25) is 30.0 Å². The number of fused-ring (bicyclic) bond motifs is 2. The summed E-state index contributed by atoms with van der Waals surface area (Å²) in [5.41, 5.74) is 2.22. The van der Waals surface area contributed by atoms with Crippen molar-refractivity contribution in [1.29, 1.82) is 0 Å². The fraction of sp³-hybridized carbons (Fsp3) is 0.133. The molecule has 3 aromatic rings. The van der Waals surface area contributed by atoms with E-state index < -0.39 is 9.85 Å². The van der Waals surface area contributed by atoms with Crippen molar-refractivity contribution in [2.45, 2.75) is 13.5 Å². The van der Waals surface area contributed by atoms with Crippen LogP contribution in [0.1, 0.15) is 23.0 Å². The number of carbonyl (C=O) groups is 1. The van der Waals surface area contributed by atoms with Gasteiger partial charge in [0, 0.05) is 30.8 Å². The molecule has 0 spiro atoms. The van der Waals surface area contributed by atoms with Gasteiger partial charge in [0.1, 0.15) is 23.4 Å². The van der Waals surface area contributed by atoms with Crippen LogP contribution < -0.4 is 29.6 Å². The number of aromatic nitrogens is 4. The van der Waals surface area contributed by atoms with E-state index in [0.29, 0.717) is 17.6 Å². The second-order valence-corrected chi connectivity index (χ2v) is 5.40. The van der Waals surface area contributed by atoms with Crippen LogP contribution in [-0.2, 0) is 6.54 Å². The van der Waals surface area contributed by atoms with Crippen LogP contribution in [0.5, 0.6) is 0 Å². The normalized spacial score (nSPS) is 10.8. The largest absolute Gasteiger partial charge is 1.00 e. The Kier molecular flexibility index (Phi) is 8.15. The van der Waals surface area contributed by atoms with E-state index in [1.807, 2.05) is 0 Å². The van der Waals surface area contributed by atoms with Crippen LogP contribution in [0.4, 0.5) is 11.4 Å². The van der Waals surface area contributed by atoms with E-state index in [1.165, 1.54) is 31.5 Å². The quantitative estimate of drug-likeness (QED) is 0.283. The van der Waals surface area contributed by atoms with Gasteiger partial charge in [0.25, 0.3) is 11.4 Å². The Balaban J connectivity index is 0.000000277. The smallest absolute Gasteiger partial charge is 0.870 e. The first-order valence-electron chi connectivity index (χ1n) is 7.49. The molecule has 4 heterocycles. The van der Waals surface area contributed by atoms with E-state index in [1.54, 1.807) is 6.21 Å². The second kappa shape index (κ2) is 9.88. The van der Waals surface area contributed by atoms with Gasteiger partial charge in [-0.25, -0.2) is 9.97 Å². The van der Waals surface area contributed by atoms with Crippen LogP contribution in [0.25, 0.3) is 11.0 Å². The summed E-state index contributed by atoms with van der Waals surface area (Å²) < 4.78 is 1.08. The van der Waals surface area contributed by atoms with E-state index in [2.05, 4.69) is 20.1 Å². The number of rotatable bonds is 2. The Labute approximate surface area is 184 Å². The maximum Gasteiger partial charge on any atom is 1.00 e. The first kappa shape index (κ1) is 23.9. The predicted octanol–water partition coefficient (Wildman–Crippen LogP) is -1.25. The van der Waals surface area contributed by atoms with E-state index in [4.69, 9.17) is 0 Å². The fourth-order valence-corrected chi connectivity index (χ4v) is 2.33. The SMILES string of the molecule is CC(=O)n1ncc2ncc([N+](=O)[O-])cc21.O=[N+]([O-])c1cnc2c(c1)CN=C2.[Na+].[OH-]. The topological polar surface area (TPSA) is 189 Å². The van der Waals surface area contributed by atoms with Crippen molar-refractivity contribution in [2.24, 2.45) is 4.99 Å². The Hall–Kier alpha value is -3.13. The van der Waals surface area contributed by atoms with E-state index in [-0.39, 0.29) is 52.3 Å². The van der Waals surface area contributed by atoms with E-state index >= 15 is 0 Å². The Morgan fingerprint density at radius 1 is 1.07 bits per heavy atom. The Morgan fingerprint density at radius 3 is 2.31 bits per heavy atom. The minimum atomic E-state index is -0.566. The van der Waals surface area contributed by atoms with Crippen molar-refractivity contribution in [3.8, 4) is 0 Å². The van der Waals surface area contributed by atoms with Gasteiger partial charge < -0.3 is 5.48 Å². The maximum absolute atomic E-state index is 11.1. The maximum atomic E-state index is 11.1. The number of hydrogen-bond donors (Lipinski definition) is 0. The molecule has 1 aliphatic rings. The van der Waals surface area contributed by atoms with Crippen molar-refractivity contribution in [1.82, 2.24) is 19.7 Å². The summed E-state index contributed by atoms with van der Waals surface area (Å²) in [6.07, 6.45) is 5.39. The molecule has 3 aromatic heterocycles. The van der Waals surface area contributed by atoms with Crippen LogP contribution >= 0.6 is 0 Å². The molecule has 4 rings (SSSR count). The number of nitrogens with zero attached hydrogens (tertiary/aromatic N) is 7. The molecule has 14 heteroatoms. The third kappa shape index (κ3) is 5.23. The summed E-state index contributed by atoms with van der Waals surface area (Å²) in [5, 5.41) is 24.6. The minimum absolute atomic E-state index is 0. The van der Waals surface area contributed by atoms with Crippen molar-refractivity contribution in [2.75, 3.05) is 0 Å². The minimum Gasteiger partial charge on any atom is -0.870 e. The second-order valence-electron chi connectivity index (χ2n) is 5.40.